The maximum absolute atomic E-state index is 12.2. The molecule has 0 saturated heterocycles. The van der Waals surface area contributed by atoms with Crippen LogP contribution in [-0.2, 0) is 17.8 Å². The quantitative estimate of drug-likeness (QED) is 0.498. The van der Waals surface area contributed by atoms with Gasteiger partial charge >= 0.3 is 0 Å². The largest absolute Gasteiger partial charge is 0.352 e. The van der Waals surface area contributed by atoms with Crippen LogP contribution in [0.4, 0.5) is 0 Å². The number of hydrogen-bond acceptors (Lipinski definition) is 5. The van der Waals surface area contributed by atoms with E-state index in [4.69, 9.17) is 4.52 Å². The van der Waals surface area contributed by atoms with Gasteiger partial charge in [0.1, 0.15) is 0 Å². The molecule has 1 amide bonds. The van der Waals surface area contributed by atoms with E-state index in [1.54, 1.807) is 6.33 Å². The Labute approximate surface area is 168 Å². The summed E-state index contributed by atoms with van der Waals surface area (Å²) in [5, 5.41) is 6.95. The molecule has 0 radical (unpaired) electrons. The van der Waals surface area contributed by atoms with Crippen LogP contribution in [0.1, 0.15) is 43.2 Å². The molecule has 2 aromatic carbocycles. The Morgan fingerprint density at radius 2 is 2.00 bits per heavy atom. The standard InChI is InChI=1S/C22H23N5O2/c1-14(2)16-4-6-17(7-5-16)22-26-21(29-27-22)10-9-20(28)23-12-15-3-8-18-19(11-15)25-13-24-18/h3-8,11,13-14H,9-10,12H2,1-2H3,(H,23,28)(H,24,25). The molecule has 0 aliphatic rings. The summed E-state index contributed by atoms with van der Waals surface area (Å²) < 4.78 is 5.30. The van der Waals surface area contributed by atoms with Gasteiger partial charge in [-0.15, -0.1) is 0 Å². The second kappa shape index (κ2) is 8.26. The lowest BCUT2D eigenvalue weighted by atomic mass is 10.0. The lowest BCUT2D eigenvalue weighted by Gasteiger charge is -2.04. The van der Waals surface area contributed by atoms with Crippen molar-refractivity contribution in [3.8, 4) is 11.4 Å². The van der Waals surface area contributed by atoms with Crippen LogP contribution in [0, 0.1) is 0 Å². The van der Waals surface area contributed by atoms with E-state index in [2.05, 4.69) is 51.4 Å². The van der Waals surface area contributed by atoms with E-state index < -0.39 is 0 Å². The van der Waals surface area contributed by atoms with Gasteiger partial charge in [-0.2, -0.15) is 4.98 Å². The third kappa shape index (κ3) is 4.51. The first-order valence-corrected chi connectivity index (χ1v) is 9.70. The average Bonchev–Trinajstić information content (AvgIpc) is 3.39. The topological polar surface area (TPSA) is 96.7 Å². The van der Waals surface area contributed by atoms with E-state index in [0.717, 1.165) is 22.2 Å². The number of aromatic amines is 1. The van der Waals surface area contributed by atoms with Crippen molar-refractivity contribution in [2.75, 3.05) is 0 Å². The van der Waals surface area contributed by atoms with Crippen molar-refractivity contribution < 1.29 is 9.32 Å². The number of nitrogens with zero attached hydrogens (tertiary/aromatic N) is 3. The highest BCUT2D eigenvalue weighted by Gasteiger charge is 2.11. The number of nitrogens with one attached hydrogen (secondary N) is 2. The molecular formula is C22H23N5O2. The van der Waals surface area contributed by atoms with Crippen LogP contribution in [0.2, 0.25) is 0 Å². The summed E-state index contributed by atoms with van der Waals surface area (Å²) in [6.07, 6.45) is 2.35. The number of imidazole rings is 1. The van der Waals surface area contributed by atoms with Gasteiger partial charge in [0.25, 0.3) is 0 Å². The van der Waals surface area contributed by atoms with Crippen molar-refractivity contribution in [3.05, 3.63) is 65.8 Å². The summed E-state index contributed by atoms with van der Waals surface area (Å²) in [7, 11) is 0. The summed E-state index contributed by atoms with van der Waals surface area (Å²) in [6.45, 7) is 4.77. The molecule has 29 heavy (non-hydrogen) atoms. The van der Waals surface area contributed by atoms with Crippen molar-refractivity contribution in [1.82, 2.24) is 25.4 Å². The van der Waals surface area contributed by atoms with Crippen LogP contribution in [0.5, 0.6) is 0 Å². The number of H-pyrrole nitrogens is 1. The first-order chi connectivity index (χ1) is 14.1. The molecule has 0 saturated carbocycles. The van der Waals surface area contributed by atoms with E-state index in [1.165, 1.54) is 5.56 Å². The van der Waals surface area contributed by atoms with Crippen LogP contribution < -0.4 is 5.32 Å². The van der Waals surface area contributed by atoms with Crippen LogP contribution in [0.15, 0.2) is 53.3 Å². The predicted molar refractivity (Wildman–Crippen MR) is 110 cm³/mol. The minimum atomic E-state index is -0.0595. The highest BCUT2D eigenvalue weighted by molar-refractivity contribution is 5.77. The van der Waals surface area contributed by atoms with E-state index in [1.807, 2.05) is 30.3 Å². The molecule has 0 atom stereocenters. The van der Waals surface area contributed by atoms with E-state index in [-0.39, 0.29) is 5.91 Å². The minimum absolute atomic E-state index is 0.0595. The van der Waals surface area contributed by atoms with Gasteiger partial charge in [0.15, 0.2) is 0 Å². The number of carbonyl (C=O) groups excluding carboxylic acids is 1. The SMILES string of the molecule is CC(C)c1ccc(-c2noc(CCC(=O)NCc3ccc4nc[nH]c4c3)n2)cc1. The maximum atomic E-state index is 12.2. The molecule has 4 rings (SSSR count). The number of benzene rings is 2. The Morgan fingerprint density at radius 3 is 2.79 bits per heavy atom. The van der Waals surface area contributed by atoms with Crippen LogP contribution in [0.25, 0.3) is 22.4 Å². The molecule has 7 nitrogen and oxygen atoms in total. The zero-order chi connectivity index (χ0) is 20.2. The molecule has 0 aliphatic carbocycles. The first-order valence-electron chi connectivity index (χ1n) is 9.70. The Morgan fingerprint density at radius 1 is 1.17 bits per heavy atom. The number of carbonyl (C=O) groups is 1. The monoisotopic (exact) mass is 389 g/mol. The highest BCUT2D eigenvalue weighted by atomic mass is 16.5. The Balaban J connectivity index is 1.29. The van der Waals surface area contributed by atoms with Gasteiger partial charge in [0.05, 0.1) is 17.4 Å². The second-order valence-electron chi connectivity index (χ2n) is 7.32. The van der Waals surface area contributed by atoms with E-state index in [0.29, 0.717) is 37.0 Å². The van der Waals surface area contributed by atoms with Gasteiger partial charge in [0.2, 0.25) is 17.6 Å². The minimum Gasteiger partial charge on any atom is -0.352 e. The number of rotatable bonds is 7. The fourth-order valence-electron chi connectivity index (χ4n) is 3.09. The molecule has 0 unspecified atom stereocenters. The molecule has 2 heterocycles. The van der Waals surface area contributed by atoms with Crippen molar-refractivity contribution in [3.63, 3.8) is 0 Å². The summed E-state index contributed by atoms with van der Waals surface area (Å²) in [6, 6.07) is 14.0. The summed E-state index contributed by atoms with van der Waals surface area (Å²) >= 11 is 0. The van der Waals surface area contributed by atoms with Crippen LogP contribution >= 0.6 is 0 Å². The number of amides is 1. The van der Waals surface area contributed by atoms with Gasteiger partial charge in [0, 0.05) is 24.9 Å². The summed E-state index contributed by atoms with van der Waals surface area (Å²) in [4.78, 5) is 23.8. The fourth-order valence-corrected chi connectivity index (χ4v) is 3.09. The number of aryl methyl sites for hydroxylation is 1. The van der Waals surface area contributed by atoms with Gasteiger partial charge in [-0.1, -0.05) is 49.3 Å². The molecule has 0 aliphatic heterocycles. The Hall–Kier alpha value is -3.48. The van der Waals surface area contributed by atoms with Gasteiger partial charge in [-0.3, -0.25) is 4.79 Å². The lowest BCUT2D eigenvalue weighted by Crippen LogP contribution is -2.23. The maximum Gasteiger partial charge on any atom is 0.227 e. The zero-order valence-corrected chi connectivity index (χ0v) is 16.5. The molecule has 4 aromatic rings. The average molecular weight is 389 g/mol. The normalized spacial score (nSPS) is 11.3. The van der Waals surface area contributed by atoms with Crippen molar-refractivity contribution >= 4 is 16.9 Å². The van der Waals surface area contributed by atoms with E-state index >= 15 is 0 Å². The second-order valence-corrected chi connectivity index (χ2v) is 7.32. The summed E-state index contributed by atoms with van der Waals surface area (Å²) in [5.41, 5.74) is 5.05. The van der Waals surface area contributed by atoms with Crippen LogP contribution in [0.3, 0.4) is 0 Å². The first kappa shape index (κ1) is 18.9. The highest BCUT2D eigenvalue weighted by Crippen LogP contribution is 2.20. The molecule has 0 spiro atoms. The molecular weight excluding hydrogens is 366 g/mol. The van der Waals surface area contributed by atoms with Crippen molar-refractivity contribution in [2.24, 2.45) is 0 Å². The molecule has 0 fully saturated rings. The molecule has 0 bridgehead atoms. The fraction of sp³-hybridized carbons (Fsp3) is 0.273. The Bertz CT molecular complexity index is 1110. The number of aromatic nitrogens is 4. The zero-order valence-electron chi connectivity index (χ0n) is 16.5. The molecule has 148 valence electrons. The predicted octanol–water partition coefficient (Wildman–Crippen LogP) is 3.99. The number of fused-ring (bicyclic) bond motifs is 1. The lowest BCUT2D eigenvalue weighted by molar-refractivity contribution is -0.121. The Kier molecular flexibility index (Phi) is 5.37. The molecule has 2 N–H and O–H groups in total. The smallest absolute Gasteiger partial charge is 0.227 e. The van der Waals surface area contributed by atoms with Crippen LogP contribution in [-0.4, -0.2) is 26.0 Å². The summed E-state index contributed by atoms with van der Waals surface area (Å²) in [5.74, 6) is 1.42. The van der Waals surface area contributed by atoms with E-state index in [9.17, 15) is 4.79 Å². The molecule has 2 aromatic heterocycles. The van der Waals surface area contributed by atoms with Crippen molar-refractivity contribution in [2.45, 2.75) is 39.2 Å². The van der Waals surface area contributed by atoms with Gasteiger partial charge in [-0.25, -0.2) is 4.98 Å². The molecule has 7 heteroatoms. The third-order valence-corrected chi connectivity index (χ3v) is 4.84. The third-order valence-electron chi connectivity index (χ3n) is 4.84. The van der Waals surface area contributed by atoms with Gasteiger partial charge < -0.3 is 14.8 Å². The van der Waals surface area contributed by atoms with Gasteiger partial charge in [-0.05, 0) is 29.2 Å². The number of hydrogen-bond donors (Lipinski definition) is 2. The van der Waals surface area contributed by atoms with Crippen molar-refractivity contribution in [1.29, 1.82) is 0 Å².